The Labute approximate surface area is 164 Å². The van der Waals surface area contributed by atoms with Crippen molar-refractivity contribution < 1.29 is 23.5 Å². The van der Waals surface area contributed by atoms with Gasteiger partial charge in [0.2, 0.25) is 5.91 Å². The molecule has 2 saturated heterocycles. The van der Waals surface area contributed by atoms with Crippen molar-refractivity contribution in [3.63, 3.8) is 0 Å². The van der Waals surface area contributed by atoms with E-state index in [1.54, 1.807) is 19.2 Å². The minimum absolute atomic E-state index is 0.188. The fourth-order valence-corrected chi connectivity index (χ4v) is 3.45. The molecule has 0 spiro atoms. The minimum atomic E-state index is -0.533. The molecule has 2 heterocycles. The average Bonchev–Trinajstić information content (AvgIpc) is 3.06. The van der Waals surface area contributed by atoms with E-state index in [-0.39, 0.29) is 24.8 Å². The van der Waals surface area contributed by atoms with Crippen molar-refractivity contribution in [2.75, 3.05) is 69.3 Å². The lowest BCUT2D eigenvalue weighted by molar-refractivity contribution is -0.119. The zero-order chi connectivity index (χ0) is 20.1. The van der Waals surface area contributed by atoms with Crippen LogP contribution in [0.3, 0.4) is 0 Å². The van der Waals surface area contributed by atoms with Gasteiger partial charge in [-0.15, -0.1) is 0 Å². The van der Waals surface area contributed by atoms with Crippen LogP contribution >= 0.6 is 0 Å². The number of benzene rings is 1. The zero-order valence-electron chi connectivity index (χ0n) is 16.3. The van der Waals surface area contributed by atoms with Gasteiger partial charge in [0, 0.05) is 46.8 Å². The number of cyclic esters (lactones) is 1. The molecule has 0 bridgehead atoms. The maximum atomic E-state index is 14.8. The summed E-state index contributed by atoms with van der Waals surface area (Å²) < 4.78 is 25.1. The highest BCUT2D eigenvalue weighted by Crippen LogP contribution is 2.28. The number of nitrogens with zero attached hydrogens (tertiary/aromatic N) is 3. The van der Waals surface area contributed by atoms with Crippen LogP contribution in [0.15, 0.2) is 18.2 Å². The van der Waals surface area contributed by atoms with E-state index in [4.69, 9.17) is 9.47 Å². The number of piperazine rings is 1. The largest absolute Gasteiger partial charge is 0.442 e. The third-order valence-electron chi connectivity index (χ3n) is 5.02. The normalized spacial score (nSPS) is 20.4. The number of nitrogens with one attached hydrogen (secondary N) is 1. The van der Waals surface area contributed by atoms with Crippen molar-refractivity contribution in [3.05, 3.63) is 24.0 Å². The number of ether oxygens (including phenoxy) is 2. The molecule has 0 unspecified atom stereocenters. The van der Waals surface area contributed by atoms with Gasteiger partial charge in [0.25, 0.3) is 0 Å². The van der Waals surface area contributed by atoms with Gasteiger partial charge in [0.15, 0.2) is 0 Å². The molecule has 0 radical (unpaired) electrons. The van der Waals surface area contributed by atoms with Gasteiger partial charge >= 0.3 is 6.09 Å². The van der Waals surface area contributed by atoms with Gasteiger partial charge in [-0.25, -0.2) is 9.18 Å². The number of carbonyl (C=O) groups excluding carboxylic acids is 2. The van der Waals surface area contributed by atoms with Crippen LogP contribution in [0.4, 0.5) is 20.6 Å². The maximum absolute atomic E-state index is 14.8. The van der Waals surface area contributed by atoms with Gasteiger partial charge in [0.1, 0.15) is 11.9 Å². The van der Waals surface area contributed by atoms with E-state index in [0.29, 0.717) is 18.0 Å². The first-order valence-corrected chi connectivity index (χ1v) is 9.46. The Kier molecular flexibility index (Phi) is 6.69. The van der Waals surface area contributed by atoms with Crippen molar-refractivity contribution in [2.24, 2.45) is 0 Å². The molecule has 1 aromatic carbocycles. The molecule has 3 rings (SSSR count). The summed E-state index contributed by atoms with van der Waals surface area (Å²) in [6.45, 7) is 6.68. The number of rotatable bonds is 7. The highest BCUT2D eigenvalue weighted by Gasteiger charge is 2.33. The summed E-state index contributed by atoms with van der Waals surface area (Å²) in [6, 6.07) is 4.82. The molecule has 1 aromatic rings. The summed E-state index contributed by atoms with van der Waals surface area (Å²) in [5.74, 6) is -0.548. The number of hydrogen-bond acceptors (Lipinski definition) is 6. The van der Waals surface area contributed by atoms with E-state index < -0.39 is 12.2 Å². The first-order chi connectivity index (χ1) is 13.5. The fraction of sp³-hybridized carbons (Fsp3) is 0.579. The minimum Gasteiger partial charge on any atom is -0.442 e. The molecule has 1 N–H and O–H groups in total. The maximum Gasteiger partial charge on any atom is 0.414 e. The lowest BCUT2D eigenvalue weighted by Crippen LogP contribution is -2.47. The van der Waals surface area contributed by atoms with E-state index in [2.05, 4.69) is 10.2 Å². The standard InChI is InChI=1S/C19H27FN4O4/c1-14(25)21-12-16-13-24(19(26)28-16)15-3-4-18(17(20)11-15)23-7-5-22(6-8-23)9-10-27-2/h3-4,11,16H,5-10,12-13H2,1-2H3,(H,21,25)/t16-/m0/s1. The summed E-state index contributed by atoms with van der Waals surface area (Å²) in [7, 11) is 1.69. The van der Waals surface area contributed by atoms with Crippen molar-refractivity contribution in [2.45, 2.75) is 13.0 Å². The highest BCUT2D eigenvalue weighted by molar-refractivity contribution is 5.90. The fourth-order valence-electron chi connectivity index (χ4n) is 3.45. The second kappa shape index (κ2) is 9.20. The number of hydrogen-bond donors (Lipinski definition) is 1. The highest BCUT2D eigenvalue weighted by atomic mass is 19.1. The van der Waals surface area contributed by atoms with Crippen LogP contribution in [0.2, 0.25) is 0 Å². The summed E-state index contributed by atoms with van der Waals surface area (Å²) in [5.41, 5.74) is 0.993. The van der Waals surface area contributed by atoms with Gasteiger partial charge in [-0.2, -0.15) is 0 Å². The Bertz CT molecular complexity index is 709. The third kappa shape index (κ3) is 4.90. The molecule has 2 aliphatic heterocycles. The van der Waals surface area contributed by atoms with Crippen molar-refractivity contribution in [1.29, 1.82) is 0 Å². The number of anilines is 2. The van der Waals surface area contributed by atoms with Crippen LogP contribution in [-0.2, 0) is 14.3 Å². The first kappa shape index (κ1) is 20.3. The summed E-state index contributed by atoms with van der Waals surface area (Å²) in [6.07, 6.45) is -0.978. The SMILES string of the molecule is COCCN1CCN(c2ccc(N3C[C@H](CNC(C)=O)OC3=O)cc2F)CC1. The van der Waals surface area contributed by atoms with Crippen LogP contribution < -0.4 is 15.1 Å². The number of methoxy groups -OCH3 is 1. The predicted octanol–water partition coefficient (Wildman–Crippen LogP) is 1.06. The average molecular weight is 394 g/mol. The Morgan fingerprint density at radius 3 is 2.71 bits per heavy atom. The van der Waals surface area contributed by atoms with Crippen LogP contribution in [0.5, 0.6) is 0 Å². The molecular weight excluding hydrogens is 367 g/mol. The van der Waals surface area contributed by atoms with E-state index in [1.165, 1.54) is 17.9 Å². The van der Waals surface area contributed by atoms with Gasteiger partial charge in [-0.1, -0.05) is 0 Å². The number of halogens is 1. The van der Waals surface area contributed by atoms with Crippen LogP contribution in [0, 0.1) is 5.82 Å². The summed E-state index contributed by atoms with van der Waals surface area (Å²) >= 11 is 0. The second-order valence-electron chi connectivity index (χ2n) is 7.01. The molecule has 0 aromatic heterocycles. The second-order valence-corrected chi connectivity index (χ2v) is 7.01. The third-order valence-corrected chi connectivity index (χ3v) is 5.02. The molecule has 2 aliphatic rings. The predicted molar refractivity (Wildman–Crippen MR) is 103 cm³/mol. The molecule has 0 aliphatic carbocycles. The molecule has 0 saturated carbocycles. The number of amides is 2. The van der Waals surface area contributed by atoms with Crippen LogP contribution in [0.25, 0.3) is 0 Å². The molecule has 2 fully saturated rings. The van der Waals surface area contributed by atoms with Crippen LogP contribution in [0.1, 0.15) is 6.92 Å². The Morgan fingerprint density at radius 1 is 1.32 bits per heavy atom. The van der Waals surface area contributed by atoms with Crippen LogP contribution in [-0.4, -0.2) is 82.5 Å². The smallest absolute Gasteiger partial charge is 0.414 e. The van der Waals surface area contributed by atoms with Gasteiger partial charge in [-0.05, 0) is 18.2 Å². The molecule has 8 nitrogen and oxygen atoms in total. The first-order valence-electron chi connectivity index (χ1n) is 9.46. The lowest BCUT2D eigenvalue weighted by atomic mass is 10.2. The molecule has 9 heteroatoms. The van der Waals surface area contributed by atoms with Crippen molar-refractivity contribution >= 4 is 23.4 Å². The molecule has 154 valence electrons. The summed E-state index contributed by atoms with van der Waals surface area (Å²) in [4.78, 5) is 28.8. The zero-order valence-corrected chi connectivity index (χ0v) is 16.3. The van der Waals surface area contributed by atoms with E-state index >= 15 is 0 Å². The Balaban J connectivity index is 1.60. The molecule has 2 amide bonds. The van der Waals surface area contributed by atoms with E-state index in [9.17, 15) is 14.0 Å². The van der Waals surface area contributed by atoms with Crippen molar-refractivity contribution in [3.8, 4) is 0 Å². The quantitative estimate of drug-likeness (QED) is 0.745. The Hall–Kier alpha value is -2.39. The molecule has 28 heavy (non-hydrogen) atoms. The van der Waals surface area contributed by atoms with Gasteiger partial charge < -0.3 is 19.7 Å². The van der Waals surface area contributed by atoms with E-state index in [1.807, 2.05) is 4.90 Å². The van der Waals surface area contributed by atoms with Crippen molar-refractivity contribution in [1.82, 2.24) is 10.2 Å². The van der Waals surface area contributed by atoms with Gasteiger partial charge in [-0.3, -0.25) is 14.6 Å². The Morgan fingerprint density at radius 2 is 2.07 bits per heavy atom. The van der Waals surface area contributed by atoms with Gasteiger partial charge in [0.05, 0.1) is 31.1 Å². The summed E-state index contributed by atoms with van der Waals surface area (Å²) in [5, 5.41) is 2.62. The van der Waals surface area contributed by atoms with E-state index in [0.717, 1.165) is 32.7 Å². The monoisotopic (exact) mass is 394 g/mol. The molecular formula is C19H27FN4O4. The number of carbonyl (C=O) groups is 2. The lowest BCUT2D eigenvalue weighted by Gasteiger charge is -2.36. The topological polar surface area (TPSA) is 74.3 Å². The molecule has 1 atom stereocenters.